The van der Waals surface area contributed by atoms with Crippen molar-refractivity contribution in [3.8, 4) is 0 Å². The van der Waals surface area contributed by atoms with E-state index in [0.717, 1.165) is 15.9 Å². The fraction of sp³-hybridized carbons (Fsp3) is 0.333. The number of nitrogens with one attached hydrogen (secondary N) is 1. The van der Waals surface area contributed by atoms with Crippen molar-refractivity contribution in [2.24, 2.45) is 0 Å². The van der Waals surface area contributed by atoms with Gasteiger partial charge in [-0.05, 0) is 48.2 Å². The van der Waals surface area contributed by atoms with Crippen LogP contribution in [-0.4, -0.2) is 7.05 Å². The van der Waals surface area contributed by atoms with Gasteiger partial charge in [-0.2, -0.15) is 0 Å². The van der Waals surface area contributed by atoms with Gasteiger partial charge in [0.25, 0.3) is 0 Å². The molecule has 0 aliphatic carbocycles. The van der Waals surface area contributed by atoms with Crippen LogP contribution in [0.15, 0.2) is 46.9 Å². The molecule has 0 aromatic heterocycles. The second-order valence-corrected chi connectivity index (χ2v) is 6.90. The molecule has 2 aromatic carbocycles. The van der Waals surface area contributed by atoms with Gasteiger partial charge in [0, 0.05) is 15.5 Å². The van der Waals surface area contributed by atoms with Crippen LogP contribution in [0.5, 0.6) is 0 Å². The molecule has 0 aliphatic heterocycles. The summed E-state index contributed by atoms with van der Waals surface area (Å²) in [5, 5.41) is 4.14. The largest absolute Gasteiger partial charge is 0.313 e. The summed E-state index contributed by atoms with van der Waals surface area (Å²) in [5.41, 5.74) is 3.95. The molecule has 2 aromatic rings. The first kappa shape index (κ1) is 16.5. The highest BCUT2D eigenvalue weighted by Crippen LogP contribution is 2.29. The molecule has 0 radical (unpaired) electrons. The van der Waals surface area contributed by atoms with Crippen LogP contribution < -0.4 is 5.32 Å². The first-order valence-corrected chi connectivity index (χ1v) is 8.39. The third-order valence-electron chi connectivity index (χ3n) is 3.77. The summed E-state index contributed by atoms with van der Waals surface area (Å²) in [5.74, 6) is 0.574. The Morgan fingerprint density at radius 1 is 1.10 bits per heavy atom. The Bertz CT molecular complexity index is 593. The van der Waals surface area contributed by atoms with Gasteiger partial charge in [-0.15, -0.1) is 0 Å². The Morgan fingerprint density at radius 2 is 1.76 bits per heavy atom. The highest BCUT2D eigenvalue weighted by atomic mass is 79.9. The number of likely N-dealkylation sites (N-methyl/N-ethyl adjacent to an activating group) is 1. The fourth-order valence-corrected chi connectivity index (χ4v) is 3.38. The zero-order valence-corrected chi connectivity index (χ0v) is 15.0. The number of benzene rings is 2. The molecule has 0 saturated heterocycles. The van der Waals surface area contributed by atoms with Crippen molar-refractivity contribution in [1.29, 1.82) is 0 Å². The van der Waals surface area contributed by atoms with Crippen LogP contribution in [0, 0.1) is 0 Å². The van der Waals surface area contributed by atoms with Gasteiger partial charge in [0.05, 0.1) is 0 Å². The van der Waals surface area contributed by atoms with Gasteiger partial charge in [-0.1, -0.05) is 71.7 Å². The highest BCUT2D eigenvalue weighted by Gasteiger charge is 2.13. The van der Waals surface area contributed by atoms with Crippen LogP contribution in [0.3, 0.4) is 0 Å². The van der Waals surface area contributed by atoms with Crippen molar-refractivity contribution in [1.82, 2.24) is 5.32 Å². The van der Waals surface area contributed by atoms with E-state index in [4.69, 9.17) is 11.6 Å². The van der Waals surface area contributed by atoms with Gasteiger partial charge in [-0.25, -0.2) is 0 Å². The lowest BCUT2D eigenvalue weighted by Gasteiger charge is -2.19. The smallest absolute Gasteiger partial charge is 0.0417 e. The topological polar surface area (TPSA) is 12.0 Å². The number of halogens is 2. The summed E-state index contributed by atoms with van der Waals surface area (Å²) < 4.78 is 1.05. The van der Waals surface area contributed by atoms with Gasteiger partial charge < -0.3 is 5.32 Å². The van der Waals surface area contributed by atoms with Crippen LogP contribution in [0.1, 0.15) is 42.5 Å². The number of hydrogen-bond acceptors (Lipinski definition) is 1. The summed E-state index contributed by atoms with van der Waals surface area (Å²) in [7, 11) is 1.99. The lowest BCUT2D eigenvalue weighted by molar-refractivity contribution is 0.589. The lowest BCUT2D eigenvalue weighted by Crippen LogP contribution is -2.19. The molecule has 0 fully saturated rings. The lowest BCUT2D eigenvalue weighted by atomic mass is 9.96. The maximum atomic E-state index is 6.02. The molecule has 0 amide bonds. The molecular weight excluding hydrogens is 346 g/mol. The Balaban J connectivity index is 2.18. The predicted molar refractivity (Wildman–Crippen MR) is 95.2 cm³/mol. The summed E-state index contributed by atoms with van der Waals surface area (Å²) in [6.07, 6.45) is 0.953. The number of hydrogen-bond donors (Lipinski definition) is 1. The standard InChI is InChI=1S/C18H21BrClN/c1-12(2)14-6-4-13(5-7-14)10-18(21-3)16-9-8-15(20)11-17(16)19/h4-9,11-12,18,21H,10H2,1-3H3. The van der Waals surface area contributed by atoms with Crippen molar-refractivity contribution in [3.05, 3.63) is 68.7 Å². The molecule has 0 spiro atoms. The van der Waals surface area contributed by atoms with Gasteiger partial charge >= 0.3 is 0 Å². The Morgan fingerprint density at radius 3 is 2.29 bits per heavy atom. The number of rotatable bonds is 5. The fourth-order valence-electron chi connectivity index (χ4n) is 2.43. The molecule has 0 aliphatic rings. The molecule has 0 saturated carbocycles. The van der Waals surface area contributed by atoms with Gasteiger partial charge in [0.1, 0.15) is 0 Å². The van der Waals surface area contributed by atoms with Crippen molar-refractivity contribution in [2.75, 3.05) is 7.05 Å². The van der Waals surface area contributed by atoms with Crippen LogP contribution in [0.4, 0.5) is 0 Å². The average Bonchev–Trinajstić information content (AvgIpc) is 2.46. The summed E-state index contributed by atoms with van der Waals surface area (Å²) in [6.45, 7) is 4.44. The summed E-state index contributed by atoms with van der Waals surface area (Å²) in [6, 6.07) is 15.1. The van der Waals surface area contributed by atoms with E-state index in [1.54, 1.807) is 0 Å². The van der Waals surface area contributed by atoms with E-state index in [9.17, 15) is 0 Å². The third kappa shape index (κ3) is 4.32. The van der Waals surface area contributed by atoms with Crippen molar-refractivity contribution in [3.63, 3.8) is 0 Å². The van der Waals surface area contributed by atoms with E-state index in [1.807, 2.05) is 19.2 Å². The quantitative estimate of drug-likeness (QED) is 0.712. The Labute approximate surface area is 140 Å². The molecule has 1 N–H and O–H groups in total. The Hall–Kier alpha value is -0.830. The van der Waals surface area contributed by atoms with Gasteiger partial charge in [0.2, 0.25) is 0 Å². The van der Waals surface area contributed by atoms with Crippen LogP contribution in [0.2, 0.25) is 5.02 Å². The SMILES string of the molecule is CNC(Cc1ccc(C(C)C)cc1)c1ccc(Cl)cc1Br. The van der Waals surface area contributed by atoms with Crippen molar-refractivity contribution < 1.29 is 0 Å². The molecule has 0 heterocycles. The maximum Gasteiger partial charge on any atom is 0.0417 e. The van der Waals surface area contributed by atoms with Crippen LogP contribution >= 0.6 is 27.5 Å². The van der Waals surface area contributed by atoms with Gasteiger partial charge in [-0.3, -0.25) is 0 Å². The molecule has 1 nitrogen and oxygen atoms in total. The van der Waals surface area contributed by atoms with Crippen molar-refractivity contribution >= 4 is 27.5 Å². The minimum atomic E-state index is 0.265. The Kier molecular flexibility index (Phi) is 5.86. The molecule has 1 atom stereocenters. The molecule has 1 unspecified atom stereocenters. The maximum absolute atomic E-state index is 6.02. The summed E-state index contributed by atoms with van der Waals surface area (Å²) in [4.78, 5) is 0. The first-order valence-electron chi connectivity index (χ1n) is 7.22. The minimum absolute atomic E-state index is 0.265. The predicted octanol–water partition coefficient (Wildman–Crippen LogP) is 5.73. The zero-order valence-electron chi connectivity index (χ0n) is 12.7. The van der Waals surface area contributed by atoms with E-state index in [-0.39, 0.29) is 6.04 Å². The molecular formula is C18H21BrClN. The molecule has 0 bridgehead atoms. The van der Waals surface area contributed by atoms with E-state index in [2.05, 4.69) is 65.4 Å². The van der Waals surface area contributed by atoms with E-state index in [0.29, 0.717) is 5.92 Å². The zero-order chi connectivity index (χ0) is 15.4. The molecule has 21 heavy (non-hydrogen) atoms. The summed E-state index contributed by atoms with van der Waals surface area (Å²) >= 11 is 9.63. The van der Waals surface area contributed by atoms with E-state index < -0.39 is 0 Å². The second kappa shape index (κ2) is 7.44. The second-order valence-electron chi connectivity index (χ2n) is 5.61. The monoisotopic (exact) mass is 365 g/mol. The van der Waals surface area contributed by atoms with E-state index >= 15 is 0 Å². The highest BCUT2D eigenvalue weighted by molar-refractivity contribution is 9.10. The van der Waals surface area contributed by atoms with Crippen molar-refractivity contribution in [2.45, 2.75) is 32.2 Å². The third-order valence-corrected chi connectivity index (χ3v) is 4.69. The first-order chi connectivity index (χ1) is 10.0. The van der Waals surface area contributed by atoms with Crippen LogP contribution in [0.25, 0.3) is 0 Å². The molecule has 2 rings (SSSR count). The average molecular weight is 367 g/mol. The van der Waals surface area contributed by atoms with E-state index in [1.165, 1.54) is 16.7 Å². The minimum Gasteiger partial charge on any atom is -0.313 e. The molecule has 3 heteroatoms. The van der Waals surface area contributed by atoms with Crippen LogP contribution in [-0.2, 0) is 6.42 Å². The van der Waals surface area contributed by atoms with Gasteiger partial charge in [0.15, 0.2) is 0 Å². The normalized spacial score (nSPS) is 12.7. The molecule has 112 valence electrons.